The summed E-state index contributed by atoms with van der Waals surface area (Å²) in [5, 5.41) is 7.31. The Morgan fingerprint density at radius 2 is 1.95 bits per heavy atom. The number of methoxy groups -OCH3 is 1. The Morgan fingerprint density at radius 1 is 1.16 bits per heavy atom. The van der Waals surface area contributed by atoms with Gasteiger partial charge in [-0.15, -0.1) is 0 Å². The number of halogens is 1. The first-order chi connectivity index (χ1) is 20.7. The van der Waals surface area contributed by atoms with Crippen molar-refractivity contribution in [1.29, 1.82) is 0 Å². The molecule has 3 unspecified atom stereocenters. The normalized spacial score (nSPS) is 21.3. The van der Waals surface area contributed by atoms with Crippen LogP contribution in [0.1, 0.15) is 24.4 Å². The lowest BCUT2D eigenvalue weighted by molar-refractivity contribution is -0.145. The number of amides is 1. The molecule has 4 aromatic rings. The van der Waals surface area contributed by atoms with Crippen LogP contribution < -0.4 is 26.7 Å². The van der Waals surface area contributed by atoms with Crippen LogP contribution in [-0.2, 0) is 11.3 Å². The summed E-state index contributed by atoms with van der Waals surface area (Å²) in [6.45, 7) is 2.84. The van der Waals surface area contributed by atoms with Gasteiger partial charge in [-0.05, 0) is 48.9 Å². The Kier molecular flexibility index (Phi) is 7.84. The highest BCUT2D eigenvalue weighted by Crippen LogP contribution is 2.28. The monoisotopic (exact) mass is 601 g/mol. The van der Waals surface area contributed by atoms with Gasteiger partial charge in [-0.25, -0.2) is 9.98 Å². The van der Waals surface area contributed by atoms with Gasteiger partial charge in [-0.2, -0.15) is 0 Å². The van der Waals surface area contributed by atoms with Crippen LogP contribution in [0.2, 0.25) is 5.02 Å². The van der Waals surface area contributed by atoms with Crippen LogP contribution in [0.15, 0.2) is 76.8 Å². The molecule has 6 rings (SSSR count). The first-order valence-electron chi connectivity index (χ1n) is 13.8. The summed E-state index contributed by atoms with van der Waals surface area (Å²) < 4.78 is 6.78. The minimum Gasteiger partial charge on any atom is -0.497 e. The number of nitrogens with two attached hydrogens (primary N) is 1. The van der Waals surface area contributed by atoms with E-state index in [9.17, 15) is 9.59 Å². The highest BCUT2D eigenvalue weighted by Gasteiger charge is 2.46. The second-order valence-electron chi connectivity index (χ2n) is 10.6. The zero-order valence-electron chi connectivity index (χ0n) is 23.9. The highest BCUT2D eigenvalue weighted by atomic mass is 35.5. The maximum atomic E-state index is 13.8. The number of nitrogens with one attached hydrogen (secondary N) is 2. The van der Waals surface area contributed by atoms with E-state index in [2.05, 4.69) is 25.5 Å². The average Bonchev–Trinajstić information content (AvgIpc) is 3.00. The first-order valence-corrected chi connectivity index (χ1v) is 14.2. The predicted molar refractivity (Wildman–Crippen MR) is 164 cm³/mol. The summed E-state index contributed by atoms with van der Waals surface area (Å²) >= 11 is 6.44. The number of nitrogens with zero attached hydrogens (tertiary/aromatic N) is 6. The van der Waals surface area contributed by atoms with E-state index >= 15 is 0 Å². The Labute approximate surface area is 253 Å². The van der Waals surface area contributed by atoms with Crippen molar-refractivity contribution in [2.75, 3.05) is 20.8 Å². The number of ether oxygens (including phenoxy) is 1. The van der Waals surface area contributed by atoms with Crippen LogP contribution in [0.25, 0.3) is 16.6 Å². The number of benzene rings is 2. The highest BCUT2D eigenvalue weighted by molar-refractivity contribution is 6.35. The van der Waals surface area contributed by atoms with Crippen LogP contribution in [0, 0.1) is 5.92 Å². The third-order valence-electron chi connectivity index (χ3n) is 7.73. The number of aromatic nitrogens is 3. The van der Waals surface area contributed by atoms with Crippen LogP contribution in [-0.4, -0.2) is 69.4 Å². The fourth-order valence-corrected chi connectivity index (χ4v) is 5.93. The molecule has 13 heteroatoms. The molecule has 0 bridgehead atoms. The largest absolute Gasteiger partial charge is 0.497 e. The summed E-state index contributed by atoms with van der Waals surface area (Å²) in [6, 6.07) is 15.9. The second kappa shape index (κ2) is 11.7. The molecule has 0 saturated carbocycles. The SMILES string of the molecule is COc1ccc(CN2CN(C)C(=O)[C@@H]3C(NC(C)c4nc5cccc(Cl)c5c(=O)n4-c4cccnc4)=NC(N)NC32)cc1. The molecule has 0 aliphatic carbocycles. The lowest BCUT2D eigenvalue weighted by Crippen LogP contribution is -2.70. The number of amidine groups is 1. The minimum absolute atomic E-state index is 0.100. The molecule has 0 radical (unpaired) electrons. The zero-order valence-corrected chi connectivity index (χ0v) is 24.7. The van der Waals surface area contributed by atoms with Crippen LogP contribution >= 0.6 is 11.6 Å². The van der Waals surface area contributed by atoms with Gasteiger partial charge in [-0.3, -0.25) is 35.1 Å². The van der Waals surface area contributed by atoms with E-state index < -0.39 is 24.4 Å². The van der Waals surface area contributed by atoms with Gasteiger partial charge in [-0.1, -0.05) is 29.8 Å². The number of rotatable bonds is 6. The van der Waals surface area contributed by atoms with Gasteiger partial charge in [0.15, 0.2) is 6.29 Å². The number of hydrogen-bond acceptors (Lipinski definition) is 10. The molecule has 1 saturated heterocycles. The van der Waals surface area contributed by atoms with E-state index in [4.69, 9.17) is 27.1 Å². The van der Waals surface area contributed by atoms with Gasteiger partial charge in [0.1, 0.15) is 23.3 Å². The number of aliphatic imine (C=N–C) groups is 1. The molecular weight excluding hydrogens is 570 g/mol. The fourth-order valence-electron chi connectivity index (χ4n) is 5.68. The molecule has 1 fully saturated rings. The molecule has 12 nitrogen and oxygen atoms in total. The number of hydrogen-bond donors (Lipinski definition) is 3. The summed E-state index contributed by atoms with van der Waals surface area (Å²) in [6.07, 6.45) is 2.05. The topological polar surface area (TPSA) is 143 Å². The third-order valence-corrected chi connectivity index (χ3v) is 8.05. The smallest absolute Gasteiger partial charge is 0.267 e. The fraction of sp³-hybridized carbons (Fsp3) is 0.300. The van der Waals surface area contributed by atoms with Crippen LogP contribution in [0.4, 0.5) is 0 Å². The van der Waals surface area contributed by atoms with Crippen molar-refractivity contribution in [3.8, 4) is 11.4 Å². The molecular formula is C30H32ClN9O3. The number of carbonyl (C=O) groups excluding carboxylic acids is 1. The van der Waals surface area contributed by atoms with E-state index in [1.807, 2.05) is 31.2 Å². The molecule has 43 heavy (non-hydrogen) atoms. The van der Waals surface area contributed by atoms with Crippen LogP contribution in [0.3, 0.4) is 0 Å². The minimum atomic E-state index is -0.755. The average molecular weight is 602 g/mol. The number of fused-ring (bicyclic) bond motifs is 2. The van der Waals surface area contributed by atoms with Crippen LogP contribution in [0.5, 0.6) is 5.75 Å². The molecule has 4 heterocycles. The molecule has 2 aliphatic heterocycles. The van der Waals surface area contributed by atoms with Crippen molar-refractivity contribution in [2.45, 2.75) is 32.0 Å². The van der Waals surface area contributed by atoms with Gasteiger partial charge < -0.3 is 15.0 Å². The van der Waals surface area contributed by atoms with Gasteiger partial charge >= 0.3 is 0 Å². The molecule has 222 valence electrons. The van der Waals surface area contributed by atoms with Crippen molar-refractivity contribution in [3.63, 3.8) is 0 Å². The third kappa shape index (κ3) is 5.45. The summed E-state index contributed by atoms with van der Waals surface area (Å²) in [5.74, 6) is 0.820. The summed E-state index contributed by atoms with van der Waals surface area (Å²) in [7, 11) is 3.40. The zero-order chi connectivity index (χ0) is 30.2. The Balaban J connectivity index is 1.36. The van der Waals surface area contributed by atoms with E-state index in [0.29, 0.717) is 46.5 Å². The molecule has 2 aromatic carbocycles. The maximum Gasteiger partial charge on any atom is 0.267 e. The molecule has 4 N–H and O–H groups in total. The number of pyridine rings is 1. The van der Waals surface area contributed by atoms with Gasteiger partial charge in [0.25, 0.3) is 5.56 Å². The Bertz CT molecular complexity index is 1750. The number of carbonyl (C=O) groups is 1. The maximum absolute atomic E-state index is 13.8. The standard InChI is InChI=1S/C30H32ClN9O3/c1-17(26-35-22-8-4-7-21(31)23(22)29(42)40(26)19-6-5-13-33-14-19)34-25-24-27(37-30(32)36-25)39(16-38(2)28(24)41)15-18-9-11-20(43-3)12-10-18/h4-14,17,24,27,30,37H,15-16,32H2,1-3H3,(H,34,36)/t17?,24-,27?,30?/m1/s1. The first kappa shape index (κ1) is 28.7. The summed E-state index contributed by atoms with van der Waals surface area (Å²) in [4.78, 5) is 45.0. The molecule has 4 atom stereocenters. The van der Waals surface area contributed by atoms with E-state index in [1.165, 1.54) is 4.57 Å². The van der Waals surface area contributed by atoms with Crippen molar-refractivity contribution >= 4 is 34.2 Å². The Morgan fingerprint density at radius 3 is 2.67 bits per heavy atom. The lowest BCUT2D eigenvalue weighted by Gasteiger charge is -2.48. The summed E-state index contributed by atoms with van der Waals surface area (Å²) in [5.41, 5.74) is 8.08. The van der Waals surface area contributed by atoms with Gasteiger partial charge in [0.2, 0.25) is 5.91 Å². The van der Waals surface area contributed by atoms with E-state index in [1.54, 1.807) is 61.8 Å². The van der Waals surface area contributed by atoms with E-state index in [-0.39, 0.29) is 11.5 Å². The molecule has 2 aromatic heterocycles. The van der Waals surface area contributed by atoms with Gasteiger partial charge in [0.05, 0.1) is 53.8 Å². The Hall–Kier alpha value is -4.36. The van der Waals surface area contributed by atoms with Crippen molar-refractivity contribution < 1.29 is 9.53 Å². The van der Waals surface area contributed by atoms with Crippen molar-refractivity contribution in [2.24, 2.45) is 16.6 Å². The predicted octanol–water partition coefficient (Wildman–Crippen LogP) is 2.21. The molecule has 1 amide bonds. The quantitative estimate of drug-likeness (QED) is 0.303. The molecule has 0 spiro atoms. The van der Waals surface area contributed by atoms with Crippen molar-refractivity contribution in [1.82, 2.24) is 35.0 Å². The van der Waals surface area contributed by atoms with E-state index in [0.717, 1.165) is 11.3 Å². The lowest BCUT2D eigenvalue weighted by atomic mass is 9.96. The van der Waals surface area contributed by atoms with Crippen molar-refractivity contribution in [3.05, 3.63) is 93.8 Å². The van der Waals surface area contributed by atoms with Gasteiger partial charge in [0, 0.05) is 19.8 Å². The second-order valence-corrected chi connectivity index (χ2v) is 11.0. The molecule has 2 aliphatic rings.